The summed E-state index contributed by atoms with van der Waals surface area (Å²) in [5.74, 6) is 0.826. The van der Waals surface area contributed by atoms with Gasteiger partial charge in [0.15, 0.2) is 0 Å². The van der Waals surface area contributed by atoms with E-state index in [0.717, 1.165) is 18.5 Å². The van der Waals surface area contributed by atoms with Crippen molar-refractivity contribution >= 4 is 0 Å². The van der Waals surface area contributed by atoms with Crippen LogP contribution in [0.15, 0.2) is 0 Å². The van der Waals surface area contributed by atoms with E-state index >= 15 is 0 Å². The standard InChI is InChI=1S/C18H38N2/c1-15(2)7-8-16(3)19-13-14-20(6)17-9-11-18(4,5)12-10-17/h15-17,19H,7-14H2,1-6H3. The highest BCUT2D eigenvalue weighted by Crippen LogP contribution is 2.36. The lowest BCUT2D eigenvalue weighted by Gasteiger charge is -2.38. The van der Waals surface area contributed by atoms with E-state index in [1.54, 1.807) is 0 Å². The molecule has 1 atom stereocenters. The van der Waals surface area contributed by atoms with Crippen LogP contribution in [0, 0.1) is 11.3 Å². The monoisotopic (exact) mass is 282 g/mol. The van der Waals surface area contributed by atoms with Gasteiger partial charge in [-0.05, 0) is 63.8 Å². The van der Waals surface area contributed by atoms with Crippen molar-refractivity contribution in [1.82, 2.24) is 10.2 Å². The highest BCUT2D eigenvalue weighted by molar-refractivity contribution is 4.83. The maximum absolute atomic E-state index is 3.68. The fourth-order valence-electron chi connectivity index (χ4n) is 3.18. The largest absolute Gasteiger partial charge is 0.313 e. The first-order chi connectivity index (χ1) is 9.30. The second-order valence-corrected chi connectivity index (χ2v) is 8.20. The zero-order chi connectivity index (χ0) is 15.2. The molecule has 1 N–H and O–H groups in total. The summed E-state index contributed by atoms with van der Waals surface area (Å²) in [5.41, 5.74) is 0.584. The molecule has 1 aliphatic carbocycles. The Kier molecular flexibility index (Phi) is 7.53. The second-order valence-electron chi connectivity index (χ2n) is 8.20. The van der Waals surface area contributed by atoms with Crippen molar-refractivity contribution < 1.29 is 0 Å². The van der Waals surface area contributed by atoms with E-state index in [1.165, 1.54) is 45.1 Å². The first-order valence-electron chi connectivity index (χ1n) is 8.74. The molecule has 0 bridgehead atoms. The Hall–Kier alpha value is -0.0800. The number of rotatable bonds is 8. The van der Waals surface area contributed by atoms with Gasteiger partial charge in [0, 0.05) is 25.2 Å². The average molecular weight is 283 g/mol. The Morgan fingerprint density at radius 2 is 1.70 bits per heavy atom. The number of likely N-dealkylation sites (N-methyl/N-ethyl adjacent to an activating group) is 1. The van der Waals surface area contributed by atoms with E-state index in [2.05, 4.69) is 51.9 Å². The number of nitrogens with one attached hydrogen (secondary N) is 1. The Morgan fingerprint density at radius 1 is 1.10 bits per heavy atom. The molecular formula is C18H38N2. The normalized spacial score (nSPS) is 21.6. The maximum Gasteiger partial charge on any atom is 0.0107 e. The molecule has 0 aliphatic heterocycles. The molecule has 0 heterocycles. The molecule has 1 unspecified atom stereocenters. The summed E-state index contributed by atoms with van der Waals surface area (Å²) in [4.78, 5) is 2.58. The van der Waals surface area contributed by atoms with Crippen LogP contribution in [-0.2, 0) is 0 Å². The molecular weight excluding hydrogens is 244 g/mol. The number of nitrogens with zero attached hydrogens (tertiary/aromatic N) is 1. The van der Waals surface area contributed by atoms with Crippen molar-refractivity contribution in [1.29, 1.82) is 0 Å². The van der Waals surface area contributed by atoms with E-state index in [9.17, 15) is 0 Å². The summed E-state index contributed by atoms with van der Waals surface area (Å²) in [5, 5.41) is 3.68. The molecule has 0 aromatic carbocycles. The molecule has 1 rings (SSSR count). The van der Waals surface area contributed by atoms with Crippen LogP contribution in [0.5, 0.6) is 0 Å². The number of hydrogen-bond donors (Lipinski definition) is 1. The van der Waals surface area contributed by atoms with Crippen molar-refractivity contribution in [3.05, 3.63) is 0 Å². The summed E-state index contributed by atoms with van der Waals surface area (Å²) >= 11 is 0. The third kappa shape index (κ3) is 7.08. The molecule has 0 spiro atoms. The smallest absolute Gasteiger partial charge is 0.0107 e. The fraction of sp³-hybridized carbons (Fsp3) is 1.00. The van der Waals surface area contributed by atoms with Gasteiger partial charge in [-0.1, -0.05) is 27.7 Å². The third-order valence-corrected chi connectivity index (χ3v) is 5.07. The van der Waals surface area contributed by atoms with E-state index in [4.69, 9.17) is 0 Å². The minimum absolute atomic E-state index is 0.584. The summed E-state index contributed by atoms with van der Waals surface area (Å²) in [7, 11) is 2.31. The van der Waals surface area contributed by atoms with Crippen molar-refractivity contribution in [2.24, 2.45) is 11.3 Å². The lowest BCUT2D eigenvalue weighted by atomic mass is 9.75. The molecule has 20 heavy (non-hydrogen) atoms. The first-order valence-corrected chi connectivity index (χ1v) is 8.74. The Bertz CT molecular complexity index is 250. The molecule has 120 valence electrons. The summed E-state index contributed by atoms with van der Waals surface area (Å²) in [6, 6.07) is 1.48. The molecule has 1 aliphatic rings. The second kappa shape index (κ2) is 8.38. The topological polar surface area (TPSA) is 15.3 Å². The molecule has 0 aromatic rings. The van der Waals surface area contributed by atoms with Gasteiger partial charge in [0.2, 0.25) is 0 Å². The zero-order valence-corrected chi connectivity index (χ0v) is 14.8. The van der Waals surface area contributed by atoms with Crippen LogP contribution in [-0.4, -0.2) is 37.1 Å². The van der Waals surface area contributed by atoms with Gasteiger partial charge in [-0.15, -0.1) is 0 Å². The molecule has 1 saturated carbocycles. The van der Waals surface area contributed by atoms with Crippen molar-refractivity contribution in [2.75, 3.05) is 20.1 Å². The summed E-state index contributed by atoms with van der Waals surface area (Å²) in [6.45, 7) is 14.1. The summed E-state index contributed by atoms with van der Waals surface area (Å²) in [6.07, 6.45) is 8.18. The molecule has 2 nitrogen and oxygen atoms in total. The third-order valence-electron chi connectivity index (χ3n) is 5.07. The average Bonchev–Trinajstić information content (AvgIpc) is 2.36. The Morgan fingerprint density at radius 3 is 2.25 bits per heavy atom. The van der Waals surface area contributed by atoms with Crippen molar-refractivity contribution in [2.45, 2.75) is 85.2 Å². The van der Waals surface area contributed by atoms with Gasteiger partial charge in [-0.2, -0.15) is 0 Å². The molecule has 0 radical (unpaired) electrons. The quantitative estimate of drug-likeness (QED) is 0.714. The molecule has 0 aromatic heterocycles. The Balaban J connectivity index is 2.12. The highest BCUT2D eigenvalue weighted by atomic mass is 15.1. The maximum atomic E-state index is 3.68. The predicted octanol–water partition coefficient (Wildman–Crippen LogP) is 4.30. The molecule has 2 heteroatoms. The van der Waals surface area contributed by atoms with Crippen LogP contribution in [0.3, 0.4) is 0 Å². The van der Waals surface area contributed by atoms with Crippen LogP contribution in [0.4, 0.5) is 0 Å². The van der Waals surface area contributed by atoms with Gasteiger partial charge in [0.25, 0.3) is 0 Å². The van der Waals surface area contributed by atoms with Gasteiger partial charge < -0.3 is 10.2 Å². The SMILES string of the molecule is CC(C)CCC(C)NCCN(C)C1CCC(C)(C)CC1. The minimum atomic E-state index is 0.584. The van der Waals surface area contributed by atoms with Crippen LogP contribution < -0.4 is 5.32 Å². The van der Waals surface area contributed by atoms with Crippen LogP contribution in [0.1, 0.15) is 73.1 Å². The van der Waals surface area contributed by atoms with E-state index in [1.807, 2.05) is 0 Å². The lowest BCUT2D eigenvalue weighted by molar-refractivity contribution is 0.127. The fourth-order valence-corrected chi connectivity index (χ4v) is 3.18. The van der Waals surface area contributed by atoms with Gasteiger partial charge in [0.05, 0.1) is 0 Å². The lowest BCUT2D eigenvalue weighted by Crippen LogP contribution is -2.41. The molecule has 0 saturated heterocycles. The van der Waals surface area contributed by atoms with E-state index in [-0.39, 0.29) is 0 Å². The van der Waals surface area contributed by atoms with Gasteiger partial charge >= 0.3 is 0 Å². The summed E-state index contributed by atoms with van der Waals surface area (Å²) < 4.78 is 0. The van der Waals surface area contributed by atoms with Gasteiger partial charge in [0.1, 0.15) is 0 Å². The van der Waals surface area contributed by atoms with Crippen LogP contribution in [0.25, 0.3) is 0 Å². The zero-order valence-electron chi connectivity index (χ0n) is 14.8. The Labute approximate surface area is 127 Å². The van der Waals surface area contributed by atoms with Crippen molar-refractivity contribution in [3.63, 3.8) is 0 Å². The van der Waals surface area contributed by atoms with Crippen molar-refractivity contribution in [3.8, 4) is 0 Å². The van der Waals surface area contributed by atoms with Crippen LogP contribution in [0.2, 0.25) is 0 Å². The molecule has 1 fully saturated rings. The highest BCUT2D eigenvalue weighted by Gasteiger charge is 2.28. The predicted molar refractivity (Wildman–Crippen MR) is 90.2 cm³/mol. The van der Waals surface area contributed by atoms with Crippen LogP contribution >= 0.6 is 0 Å². The first kappa shape index (κ1) is 18.0. The van der Waals surface area contributed by atoms with E-state index < -0.39 is 0 Å². The van der Waals surface area contributed by atoms with Gasteiger partial charge in [-0.3, -0.25) is 0 Å². The number of hydrogen-bond acceptors (Lipinski definition) is 2. The van der Waals surface area contributed by atoms with E-state index in [0.29, 0.717) is 11.5 Å². The minimum Gasteiger partial charge on any atom is -0.313 e. The van der Waals surface area contributed by atoms with Gasteiger partial charge in [-0.25, -0.2) is 0 Å². The molecule has 0 amide bonds.